The molecule has 0 spiro atoms. The van der Waals surface area contributed by atoms with Gasteiger partial charge in [0.25, 0.3) is 0 Å². The molecule has 0 aliphatic carbocycles. The quantitative estimate of drug-likeness (QED) is 0.776. The van der Waals surface area contributed by atoms with Crippen LogP contribution in [0.5, 0.6) is 0 Å². The van der Waals surface area contributed by atoms with E-state index in [4.69, 9.17) is 0 Å². The second kappa shape index (κ2) is 6.41. The third kappa shape index (κ3) is 3.60. The first-order valence-electron chi connectivity index (χ1n) is 6.34. The Hall–Kier alpha value is -0.340. The Balaban J connectivity index is 2.78. The molecule has 1 nitrogen and oxygen atoms in total. The third-order valence-electron chi connectivity index (χ3n) is 3.30. The number of aryl methyl sites for hydroxylation is 1. The van der Waals surface area contributed by atoms with Crippen molar-refractivity contribution < 1.29 is 0 Å². The molecule has 0 aromatic carbocycles. The van der Waals surface area contributed by atoms with Gasteiger partial charge in [-0.25, -0.2) is 0 Å². The van der Waals surface area contributed by atoms with Crippen LogP contribution >= 0.6 is 11.3 Å². The highest BCUT2D eigenvalue weighted by Gasteiger charge is 2.21. The van der Waals surface area contributed by atoms with Crippen molar-refractivity contribution in [2.24, 2.45) is 11.8 Å². The first-order chi connectivity index (χ1) is 7.56. The second-order valence-corrected chi connectivity index (χ2v) is 6.14. The number of thiophene rings is 1. The second-order valence-electron chi connectivity index (χ2n) is 5.03. The Morgan fingerprint density at radius 2 is 2.00 bits per heavy atom. The van der Waals surface area contributed by atoms with Crippen molar-refractivity contribution in [3.05, 3.63) is 21.9 Å². The van der Waals surface area contributed by atoms with E-state index in [1.54, 1.807) is 0 Å². The smallest absolute Gasteiger partial charge is 0.0356 e. The molecule has 2 unspecified atom stereocenters. The van der Waals surface area contributed by atoms with E-state index in [-0.39, 0.29) is 0 Å². The van der Waals surface area contributed by atoms with Crippen LogP contribution < -0.4 is 5.32 Å². The van der Waals surface area contributed by atoms with Gasteiger partial charge in [-0.3, -0.25) is 0 Å². The van der Waals surface area contributed by atoms with Gasteiger partial charge in [-0.15, -0.1) is 11.3 Å². The highest BCUT2D eigenvalue weighted by atomic mass is 32.1. The molecule has 0 aliphatic heterocycles. The van der Waals surface area contributed by atoms with Crippen molar-refractivity contribution >= 4 is 11.3 Å². The van der Waals surface area contributed by atoms with Gasteiger partial charge in [0.05, 0.1) is 0 Å². The first-order valence-corrected chi connectivity index (χ1v) is 7.22. The van der Waals surface area contributed by atoms with Gasteiger partial charge in [-0.2, -0.15) is 0 Å². The molecule has 0 bridgehead atoms. The average molecular weight is 239 g/mol. The fourth-order valence-electron chi connectivity index (χ4n) is 1.92. The van der Waals surface area contributed by atoms with Crippen LogP contribution in [0.3, 0.4) is 0 Å². The maximum atomic E-state index is 3.69. The number of rotatable bonds is 6. The maximum absolute atomic E-state index is 3.69. The standard InChI is InChI=1S/C14H25NS/c1-6-7-15-14(12(5)10(2)3)13-8-11(4)16-9-13/h8-10,12,14-15H,6-7H2,1-5H3. The summed E-state index contributed by atoms with van der Waals surface area (Å²) in [5.41, 5.74) is 1.47. The number of hydrogen-bond acceptors (Lipinski definition) is 2. The van der Waals surface area contributed by atoms with Crippen molar-refractivity contribution in [2.45, 2.75) is 47.1 Å². The van der Waals surface area contributed by atoms with Gasteiger partial charge in [0, 0.05) is 10.9 Å². The monoisotopic (exact) mass is 239 g/mol. The Bertz CT molecular complexity index is 303. The molecule has 2 atom stereocenters. The molecular formula is C14H25NS. The summed E-state index contributed by atoms with van der Waals surface area (Å²) in [4.78, 5) is 1.41. The topological polar surface area (TPSA) is 12.0 Å². The summed E-state index contributed by atoms with van der Waals surface area (Å²) in [6.45, 7) is 12.5. The van der Waals surface area contributed by atoms with Crippen molar-refractivity contribution in [1.82, 2.24) is 5.32 Å². The molecular weight excluding hydrogens is 214 g/mol. The largest absolute Gasteiger partial charge is 0.310 e. The molecule has 0 radical (unpaired) electrons. The fraction of sp³-hybridized carbons (Fsp3) is 0.714. The van der Waals surface area contributed by atoms with E-state index in [2.05, 4.69) is 51.4 Å². The molecule has 0 aliphatic rings. The third-order valence-corrected chi connectivity index (χ3v) is 4.18. The number of hydrogen-bond donors (Lipinski definition) is 1. The lowest BCUT2D eigenvalue weighted by Crippen LogP contribution is -2.29. The summed E-state index contributed by atoms with van der Waals surface area (Å²) in [5, 5.41) is 5.99. The van der Waals surface area contributed by atoms with Gasteiger partial charge in [-0.05, 0) is 48.7 Å². The van der Waals surface area contributed by atoms with Gasteiger partial charge in [0.15, 0.2) is 0 Å². The molecule has 0 saturated carbocycles. The zero-order valence-electron chi connectivity index (χ0n) is 11.2. The first kappa shape index (κ1) is 13.7. The maximum Gasteiger partial charge on any atom is 0.0356 e. The molecule has 0 saturated heterocycles. The summed E-state index contributed by atoms with van der Waals surface area (Å²) in [6, 6.07) is 2.85. The van der Waals surface area contributed by atoms with E-state index in [1.807, 2.05) is 11.3 Å². The highest BCUT2D eigenvalue weighted by Crippen LogP contribution is 2.30. The fourth-order valence-corrected chi connectivity index (χ4v) is 2.66. The van der Waals surface area contributed by atoms with Gasteiger partial charge < -0.3 is 5.32 Å². The van der Waals surface area contributed by atoms with Crippen LogP contribution in [0.15, 0.2) is 11.4 Å². The zero-order chi connectivity index (χ0) is 12.1. The Morgan fingerprint density at radius 1 is 1.31 bits per heavy atom. The zero-order valence-corrected chi connectivity index (χ0v) is 12.0. The van der Waals surface area contributed by atoms with E-state index in [0.29, 0.717) is 12.0 Å². The minimum Gasteiger partial charge on any atom is -0.310 e. The molecule has 0 amide bonds. The van der Waals surface area contributed by atoms with Gasteiger partial charge in [-0.1, -0.05) is 27.7 Å². The Kier molecular flexibility index (Phi) is 5.50. The highest BCUT2D eigenvalue weighted by molar-refractivity contribution is 7.10. The molecule has 1 N–H and O–H groups in total. The lowest BCUT2D eigenvalue weighted by atomic mass is 9.87. The molecule has 1 rings (SSSR count). The molecule has 1 aromatic heterocycles. The molecule has 92 valence electrons. The molecule has 16 heavy (non-hydrogen) atoms. The molecule has 0 fully saturated rings. The number of nitrogens with one attached hydrogen (secondary N) is 1. The summed E-state index contributed by atoms with van der Waals surface area (Å²) >= 11 is 1.86. The molecule has 1 heterocycles. The lowest BCUT2D eigenvalue weighted by Gasteiger charge is -2.27. The minimum atomic E-state index is 0.518. The van der Waals surface area contributed by atoms with E-state index in [0.717, 1.165) is 12.5 Å². The van der Waals surface area contributed by atoms with E-state index >= 15 is 0 Å². The van der Waals surface area contributed by atoms with Crippen LogP contribution in [-0.4, -0.2) is 6.54 Å². The van der Waals surface area contributed by atoms with Gasteiger partial charge in [0.1, 0.15) is 0 Å². The van der Waals surface area contributed by atoms with Crippen LogP contribution in [-0.2, 0) is 0 Å². The lowest BCUT2D eigenvalue weighted by molar-refractivity contribution is 0.304. The van der Waals surface area contributed by atoms with Crippen LogP contribution in [0.4, 0.5) is 0 Å². The SMILES string of the molecule is CCCNC(c1csc(C)c1)C(C)C(C)C. The average Bonchev–Trinajstić information content (AvgIpc) is 2.65. The summed E-state index contributed by atoms with van der Waals surface area (Å²) < 4.78 is 0. The summed E-state index contributed by atoms with van der Waals surface area (Å²) in [5.74, 6) is 1.40. The van der Waals surface area contributed by atoms with Crippen LogP contribution in [0.2, 0.25) is 0 Å². The molecule has 1 aromatic rings. The van der Waals surface area contributed by atoms with Crippen LogP contribution in [0.1, 0.15) is 50.6 Å². The van der Waals surface area contributed by atoms with Crippen molar-refractivity contribution in [2.75, 3.05) is 6.54 Å². The van der Waals surface area contributed by atoms with Crippen molar-refractivity contribution in [3.63, 3.8) is 0 Å². The molecule has 2 heteroatoms. The summed E-state index contributed by atoms with van der Waals surface area (Å²) in [6.07, 6.45) is 1.20. The van der Waals surface area contributed by atoms with Gasteiger partial charge >= 0.3 is 0 Å². The predicted molar refractivity (Wildman–Crippen MR) is 74.1 cm³/mol. The van der Waals surface area contributed by atoms with E-state index in [9.17, 15) is 0 Å². The Labute approximate surface area is 104 Å². The van der Waals surface area contributed by atoms with Crippen molar-refractivity contribution in [1.29, 1.82) is 0 Å². The Morgan fingerprint density at radius 3 is 2.44 bits per heavy atom. The normalized spacial score (nSPS) is 15.4. The van der Waals surface area contributed by atoms with Crippen LogP contribution in [0.25, 0.3) is 0 Å². The predicted octanol–water partition coefficient (Wildman–Crippen LogP) is 4.39. The van der Waals surface area contributed by atoms with Crippen molar-refractivity contribution in [3.8, 4) is 0 Å². The van der Waals surface area contributed by atoms with E-state index in [1.165, 1.54) is 16.9 Å². The minimum absolute atomic E-state index is 0.518. The summed E-state index contributed by atoms with van der Waals surface area (Å²) in [7, 11) is 0. The van der Waals surface area contributed by atoms with Crippen LogP contribution in [0, 0.1) is 18.8 Å². The van der Waals surface area contributed by atoms with E-state index < -0.39 is 0 Å². The van der Waals surface area contributed by atoms with Gasteiger partial charge in [0.2, 0.25) is 0 Å².